The number of benzene rings is 2. The molecule has 0 atom stereocenters. The molecule has 0 heterocycles. The summed E-state index contributed by atoms with van der Waals surface area (Å²) in [5.74, 6) is 1.68. The van der Waals surface area contributed by atoms with E-state index in [2.05, 4.69) is 23.5 Å². The summed E-state index contributed by atoms with van der Waals surface area (Å²) in [6.45, 7) is 0.762. The molecule has 2 aromatic rings. The SMILES string of the molecule is CNCc1ccc(Oc2ccc3c(c2)CCCC3)cc1Cl. The zero-order valence-electron chi connectivity index (χ0n) is 12.3. The second-order valence-corrected chi connectivity index (χ2v) is 5.93. The molecule has 0 bridgehead atoms. The molecule has 0 spiro atoms. The van der Waals surface area contributed by atoms with Gasteiger partial charge in [0.2, 0.25) is 0 Å². The summed E-state index contributed by atoms with van der Waals surface area (Å²) in [5.41, 5.74) is 3.98. The molecule has 0 saturated heterocycles. The van der Waals surface area contributed by atoms with Gasteiger partial charge in [0, 0.05) is 11.6 Å². The first-order valence-corrected chi connectivity index (χ1v) is 7.87. The lowest BCUT2D eigenvalue weighted by molar-refractivity contribution is 0.480. The molecule has 110 valence electrons. The Morgan fingerprint density at radius 1 is 1.00 bits per heavy atom. The summed E-state index contributed by atoms with van der Waals surface area (Å²) in [6.07, 6.45) is 4.94. The Labute approximate surface area is 131 Å². The van der Waals surface area contributed by atoms with E-state index in [0.29, 0.717) is 0 Å². The Hall–Kier alpha value is -1.51. The van der Waals surface area contributed by atoms with Gasteiger partial charge in [0.25, 0.3) is 0 Å². The van der Waals surface area contributed by atoms with E-state index in [0.717, 1.165) is 35.1 Å². The molecule has 0 fully saturated rings. The Morgan fingerprint density at radius 2 is 1.71 bits per heavy atom. The van der Waals surface area contributed by atoms with Gasteiger partial charge in [-0.3, -0.25) is 0 Å². The quantitative estimate of drug-likeness (QED) is 0.881. The van der Waals surface area contributed by atoms with Crippen molar-refractivity contribution in [2.75, 3.05) is 7.05 Å². The van der Waals surface area contributed by atoms with Crippen LogP contribution in [0.5, 0.6) is 11.5 Å². The van der Waals surface area contributed by atoms with Crippen molar-refractivity contribution in [3.8, 4) is 11.5 Å². The molecule has 0 aliphatic heterocycles. The number of hydrogen-bond donors (Lipinski definition) is 1. The summed E-state index contributed by atoms with van der Waals surface area (Å²) in [6, 6.07) is 12.3. The lowest BCUT2D eigenvalue weighted by Gasteiger charge is -2.17. The van der Waals surface area contributed by atoms with Crippen molar-refractivity contribution >= 4 is 11.6 Å². The number of aryl methyl sites for hydroxylation is 2. The predicted molar refractivity (Wildman–Crippen MR) is 87.4 cm³/mol. The van der Waals surface area contributed by atoms with Gasteiger partial charge in [-0.1, -0.05) is 23.7 Å². The monoisotopic (exact) mass is 301 g/mol. The zero-order chi connectivity index (χ0) is 14.7. The van der Waals surface area contributed by atoms with Crippen LogP contribution in [-0.2, 0) is 19.4 Å². The summed E-state index contributed by atoms with van der Waals surface area (Å²) in [5, 5.41) is 3.84. The molecular formula is C18H20ClNO. The van der Waals surface area contributed by atoms with Gasteiger partial charge in [0.1, 0.15) is 11.5 Å². The number of halogens is 1. The lowest BCUT2D eigenvalue weighted by atomic mass is 9.92. The Balaban J connectivity index is 1.78. The molecule has 3 heteroatoms. The van der Waals surface area contributed by atoms with Crippen molar-refractivity contribution in [2.24, 2.45) is 0 Å². The number of hydrogen-bond acceptors (Lipinski definition) is 2. The topological polar surface area (TPSA) is 21.3 Å². The van der Waals surface area contributed by atoms with Crippen LogP contribution < -0.4 is 10.1 Å². The van der Waals surface area contributed by atoms with Crippen LogP contribution in [-0.4, -0.2) is 7.05 Å². The highest BCUT2D eigenvalue weighted by Gasteiger charge is 2.10. The van der Waals surface area contributed by atoms with Crippen molar-refractivity contribution in [3.63, 3.8) is 0 Å². The van der Waals surface area contributed by atoms with Gasteiger partial charge in [0.15, 0.2) is 0 Å². The number of ether oxygens (including phenoxy) is 1. The van der Waals surface area contributed by atoms with Crippen molar-refractivity contribution in [2.45, 2.75) is 32.2 Å². The summed E-state index contributed by atoms with van der Waals surface area (Å²) in [4.78, 5) is 0. The van der Waals surface area contributed by atoms with Crippen molar-refractivity contribution < 1.29 is 4.74 Å². The maximum Gasteiger partial charge on any atom is 0.128 e. The molecule has 21 heavy (non-hydrogen) atoms. The van der Waals surface area contributed by atoms with Crippen molar-refractivity contribution in [1.29, 1.82) is 0 Å². The average Bonchev–Trinajstić information content (AvgIpc) is 2.50. The molecule has 0 radical (unpaired) electrons. The van der Waals surface area contributed by atoms with Gasteiger partial charge in [-0.25, -0.2) is 0 Å². The first-order valence-electron chi connectivity index (χ1n) is 7.49. The molecule has 0 unspecified atom stereocenters. The Kier molecular flexibility index (Phi) is 4.47. The summed E-state index contributed by atoms with van der Waals surface area (Å²) in [7, 11) is 1.91. The Morgan fingerprint density at radius 3 is 2.48 bits per heavy atom. The van der Waals surface area contributed by atoms with Gasteiger partial charge in [-0.2, -0.15) is 0 Å². The molecular weight excluding hydrogens is 282 g/mol. The van der Waals surface area contributed by atoms with Crippen LogP contribution >= 0.6 is 11.6 Å². The van der Waals surface area contributed by atoms with Gasteiger partial charge in [0.05, 0.1) is 0 Å². The highest BCUT2D eigenvalue weighted by atomic mass is 35.5. The minimum atomic E-state index is 0.736. The van der Waals surface area contributed by atoms with E-state index in [4.69, 9.17) is 16.3 Å². The van der Waals surface area contributed by atoms with E-state index in [-0.39, 0.29) is 0 Å². The third-order valence-electron chi connectivity index (χ3n) is 3.95. The standard InChI is InChI=1S/C18H20ClNO/c1-20-12-15-7-9-17(11-18(15)19)21-16-8-6-13-4-2-3-5-14(13)10-16/h6-11,20H,2-5,12H2,1H3. The van der Waals surface area contributed by atoms with E-state index in [1.807, 2.05) is 25.2 Å². The van der Waals surface area contributed by atoms with Crippen LogP contribution in [0.3, 0.4) is 0 Å². The molecule has 1 aliphatic carbocycles. The second kappa shape index (κ2) is 6.50. The van der Waals surface area contributed by atoms with E-state index in [1.165, 1.54) is 30.4 Å². The highest BCUT2D eigenvalue weighted by molar-refractivity contribution is 6.31. The average molecular weight is 302 g/mol. The second-order valence-electron chi connectivity index (χ2n) is 5.52. The normalized spacial score (nSPS) is 13.8. The summed E-state index contributed by atoms with van der Waals surface area (Å²) >= 11 is 6.27. The smallest absolute Gasteiger partial charge is 0.128 e. The molecule has 2 nitrogen and oxygen atoms in total. The fourth-order valence-corrected chi connectivity index (χ4v) is 3.07. The molecule has 1 N–H and O–H groups in total. The fraction of sp³-hybridized carbons (Fsp3) is 0.333. The van der Waals surface area contributed by atoms with Crippen LogP contribution in [0.15, 0.2) is 36.4 Å². The maximum atomic E-state index is 6.27. The third-order valence-corrected chi connectivity index (χ3v) is 4.30. The van der Waals surface area contributed by atoms with Crippen molar-refractivity contribution in [1.82, 2.24) is 5.32 Å². The number of nitrogens with one attached hydrogen (secondary N) is 1. The number of fused-ring (bicyclic) bond motifs is 1. The molecule has 3 rings (SSSR count). The van der Waals surface area contributed by atoms with Crippen LogP contribution in [0.2, 0.25) is 5.02 Å². The molecule has 0 amide bonds. The molecule has 0 aromatic heterocycles. The van der Waals surface area contributed by atoms with Gasteiger partial charge >= 0.3 is 0 Å². The maximum absolute atomic E-state index is 6.27. The van der Waals surface area contributed by atoms with Crippen LogP contribution in [0.4, 0.5) is 0 Å². The van der Waals surface area contributed by atoms with Gasteiger partial charge in [-0.15, -0.1) is 0 Å². The fourth-order valence-electron chi connectivity index (χ4n) is 2.83. The Bertz CT molecular complexity index is 639. The number of rotatable bonds is 4. The van der Waals surface area contributed by atoms with Crippen molar-refractivity contribution in [3.05, 3.63) is 58.1 Å². The van der Waals surface area contributed by atoms with E-state index in [1.54, 1.807) is 0 Å². The lowest BCUT2D eigenvalue weighted by Crippen LogP contribution is -2.05. The minimum Gasteiger partial charge on any atom is -0.457 e. The highest BCUT2D eigenvalue weighted by Crippen LogP contribution is 2.30. The molecule has 0 saturated carbocycles. The van der Waals surface area contributed by atoms with Crippen LogP contribution in [0, 0.1) is 0 Å². The molecule has 1 aliphatic rings. The minimum absolute atomic E-state index is 0.736. The third kappa shape index (κ3) is 3.39. The van der Waals surface area contributed by atoms with Crippen LogP contribution in [0.1, 0.15) is 29.5 Å². The predicted octanol–water partition coefficient (Wildman–Crippen LogP) is 4.73. The van der Waals surface area contributed by atoms with Gasteiger partial charge in [-0.05, 0) is 73.7 Å². The van der Waals surface area contributed by atoms with E-state index < -0.39 is 0 Å². The van der Waals surface area contributed by atoms with E-state index in [9.17, 15) is 0 Å². The van der Waals surface area contributed by atoms with E-state index >= 15 is 0 Å². The zero-order valence-corrected chi connectivity index (χ0v) is 13.0. The van der Waals surface area contributed by atoms with Crippen LogP contribution in [0.25, 0.3) is 0 Å². The largest absolute Gasteiger partial charge is 0.457 e. The first-order chi connectivity index (χ1) is 10.3. The molecule has 2 aromatic carbocycles. The first kappa shape index (κ1) is 14.4. The summed E-state index contributed by atoms with van der Waals surface area (Å²) < 4.78 is 5.95. The van der Waals surface area contributed by atoms with Gasteiger partial charge < -0.3 is 10.1 Å².